The SMILES string of the molecule is CC(C)(C)NCc1nnc(NCC2CCCS2(=O)=O)o1. The highest BCUT2D eigenvalue weighted by molar-refractivity contribution is 7.92. The van der Waals surface area contributed by atoms with E-state index in [0.29, 0.717) is 25.4 Å². The average Bonchev–Trinajstić information content (AvgIpc) is 2.89. The molecule has 0 radical (unpaired) electrons. The van der Waals surface area contributed by atoms with E-state index in [2.05, 4.69) is 20.8 Å². The third-order valence-electron chi connectivity index (χ3n) is 3.18. The minimum absolute atomic E-state index is 0.0278. The number of hydrogen-bond donors (Lipinski definition) is 2. The van der Waals surface area contributed by atoms with Crippen molar-refractivity contribution in [1.82, 2.24) is 15.5 Å². The van der Waals surface area contributed by atoms with Gasteiger partial charge >= 0.3 is 6.01 Å². The molecule has 114 valence electrons. The molecule has 2 rings (SSSR count). The van der Waals surface area contributed by atoms with Crippen LogP contribution < -0.4 is 10.6 Å². The Kier molecular flexibility index (Phi) is 4.33. The number of anilines is 1. The molecule has 0 aromatic carbocycles. The quantitative estimate of drug-likeness (QED) is 0.835. The third-order valence-corrected chi connectivity index (χ3v) is 5.46. The molecular formula is C12H22N4O3S. The molecule has 1 aliphatic heterocycles. The smallest absolute Gasteiger partial charge is 0.315 e. The van der Waals surface area contributed by atoms with E-state index in [1.54, 1.807) is 0 Å². The van der Waals surface area contributed by atoms with Crippen molar-refractivity contribution >= 4 is 15.9 Å². The summed E-state index contributed by atoms with van der Waals surface area (Å²) in [6, 6.07) is 0.276. The van der Waals surface area contributed by atoms with Gasteiger partial charge in [0, 0.05) is 12.1 Å². The Morgan fingerprint density at radius 3 is 2.70 bits per heavy atom. The molecule has 20 heavy (non-hydrogen) atoms. The average molecular weight is 302 g/mol. The number of hydrogen-bond acceptors (Lipinski definition) is 7. The van der Waals surface area contributed by atoms with Gasteiger partial charge in [-0.1, -0.05) is 5.10 Å². The second-order valence-electron chi connectivity index (χ2n) is 6.12. The van der Waals surface area contributed by atoms with Crippen molar-refractivity contribution < 1.29 is 12.8 Å². The van der Waals surface area contributed by atoms with E-state index in [-0.39, 0.29) is 22.6 Å². The topological polar surface area (TPSA) is 97.1 Å². The van der Waals surface area contributed by atoms with Gasteiger partial charge in [0.1, 0.15) is 0 Å². The van der Waals surface area contributed by atoms with Crippen LogP contribution in [0.25, 0.3) is 0 Å². The molecule has 0 bridgehead atoms. The molecule has 1 saturated heterocycles. The highest BCUT2D eigenvalue weighted by atomic mass is 32.2. The van der Waals surface area contributed by atoms with Crippen LogP contribution >= 0.6 is 0 Å². The van der Waals surface area contributed by atoms with Crippen LogP contribution in [0.3, 0.4) is 0 Å². The molecule has 8 heteroatoms. The van der Waals surface area contributed by atoms with Crippen molar-refractivity contribution in [2.24, 2.45) is 0 Å². The maximum Gasteiger partial charge on any atom is 0.315 e. The standard InChI is InChI=1S/C12H22N4O3S/c1-12(2,3)14-8-10-15-16-11(19-10)13-7-9-5-4-6-20(9,17)18/h9,14H,4-8H2,1-3H3,(H,13,16). The summed E-state index contributed by atoms with van der Waals surface area (Å²) in [6.07, 6.45) is 1.43. The Balaban J connectivity index is 1.84. The Morgan fingerprint density at radius 1 is 1.35 bits per heavy atom. The van der Waals surface area contributed by atoms with Gasteiger partial charge in [-0.05, 0) is 33.6 Å². The van der Waals surface area contributed by atoms with Gasteiger partial charge in [0.25, 0.3) is 0 Å². The molecule has 2 heterocycles. The van der Waals surface area contributed by atoms with Crippen LogP contribution in [0.5, 0.6) is 0 Å². The monoisotopic (exact) mass is 302 g/mol. The van der Waals surface area contributed by atoms with E-state index < -0.39 is 9.84 Å². The fourth-order valence-electron chi connectivity index (χ4n) is 2.03. The molecule has 1 unspecified atom stereocenters. The van der Waals surface area contributed by atoms with Crippen LogP contribution in [0.15, 0.2) is 4.42 Å². The third kappa shape index (κ3) is 4.17. The van der Waals surface area contributed by atoms with Crippen LogP contribution in [0.1, 0.15) is 39.5 Å². The van der Waals surface area contributed by atoms with Gasteiger partial charge in [0.15, 0.2) is 9.84 Å². The lowest BCUT2D eigenvalue weighted by atomic mass is 10.1. The van der Waals surface area contributed by atoms with Gasteiger partial charge < -0.3 is 15.1 Å². The van der Waals surface area contributed by atoms with Crippen LogP contribution in [-0.2, 0) is 16.4 Å². The first-order chi connectivity index (χ1) is 9.26. The molecule has 1 fully saturated rings. The molecule has 0 aliphatic carbocycles. The van der Waals surface area contributed by atoms with Gasteiger partial charge in [-0.3, -0.25) is 0 Å². The fraction of sp³-hybridized carbons (Fsp3) is 0.833. The van der Waals surface area contributed by atoms with Crippen LogP contribution in [-0.4, -0.2) is 41.7 Å². The van der Waals surface area contributed by atoms with Crippen molar-refractivity contribution in [2.45, 2.75) is 50.9 Å². The predicted molar refractivity (Wildman–Crippen MR) is 76.2 cm³/mol. The number of rotatable bonds is 5. The Bertz CT molecular complexity index is 547. The lowest BCUT2D eigenvalue weighted by molar-refractivity contribution is 0.383. The number of sulfone groups is 1. The Morgan fingerprint density at radius 2 is 2.10 bits per heavy atom. The fourth-order valence-corrected chi connectivity index (χ4v) is 3.79. The molecule has 2 N–H and O–H groups in total. The first-order valence-electron chi connectivity index (χ1n) is 6.79. The zero-order chi connectivity index (χ0) is 14.8. The van der Waals surface area contributed by atoms with Crippen molar-refractivity contribution in [3.05, 3.63) is 5.89 Å². The minimum atomic E-state index is -2.94. The zero-order valence-electron chi connectivity index (χ0n) is 12.1. The molecule has 1 atom stereocenters. The van der Waals surface area contributed by atoms with Crippen LogP contribution in [0.4, 0.5) is 6.01 Å². The molecule has 1 aliphatic rings. The highest BCUT2D eigenvalue weighted by Crippen LogP contribution is 2.20. The summed E-state index contributed by atoms with van der Waals surface area (Å²) < 4.78 is 28.8. The van der Waals surface area contributed by atoms with Gasteiger partial charge in [-0.25, -0.2) is 8.42 Å². The second-order valence-corrected chi connectivity index (χ2v) is 8.52. The van der Waals surface area contributed by atoms with E-state index in [4.69, 9.17) is 4.42 Å². The van der Waals surface area contributed by atoms with Crippen molar-refractivity contribution in [3.8, 4) is 0 Å². The predicted octanol–water partition coefficient (Wildman–Crippen LogP) is 0.947. The summed E-state index contributed by atoms with van der Waals surface area (Å²) in [5.74, 6) is 0.765. The molecule has 0 saturated carbocycles. The summed E-state index contributed by atoms with van der Waals surface area (Å²) in [4.78, 5) is 0. The van der Waals surface area contributed by atoms with Crippen molar-refractivity contribution in [1.29, 1.82) is 0 Å². The van der Waals surface area contributed by atoms with E-state index >= 15 is 0 Å². The van der Waals surface area contributed by atoms with Crippen LogP contribution in [0, 0.1) is 0 Å². The first-order valence-corrected chi connectivity index (χ1v) is 8.51. The van der Waals surface area contributed by atoms with Crippen molar-refractivity contribution in [2.75, 3.05) is 17.6 Å². The number of nitrogens with zero attached hydrogens (tertiary/aromatic N) is 2. The minimum Gasteiger partial charge on any atom is -0.407 e. The summed E-state index contributed by atoms with van der Waals surface area (Å²) in [6.45, 7) is 6.96. The summed E-state index contributed by atoms with van der Waals surface area (Å²) in [5.41, 5.74) is -0.0278. The lowest BCUT2D eigenvalue weighted by Crippen LogP contribution is -2.35. The van der Waals surface area contributed by atoms with E-state index in [0.717, 1.165) is 6.42 Å². The van der Waals surface area contributed by atoms with E-state index in [1.165, 1.54) is 0 Å². The molecule has 0 amide bonds. The largest absolute Gasteiger partial charge is 0.407 e. The number of aromatic nitrogens is 2. The summed E-state index contributed by atoms with van der Waals surface area (Å²) in [7, 11) is -2.94. The highest BCUT2D eigenvalue weighted by Gasteiger charge is 2.31. The van der Waals surface area contributed by atoms with E-state index in [1.807, 2.05) is 20.8 Å². The van der Waals surface area contributed by atoms with E-state index in [9.17, 15) is 8.42 Å². The summed E-state index contributed by atoms with van der Waals surface area (Å²) in [5, 5.41) is 13.6. The lowest BCUT2D eigenvalue weighted by Gasteiger charge is -2.18. The second kappa shape index (κ2) is 5.69. The van der Waals surface area contributed by atoms with Crippen molar-refractivity contribution in [3.63, 3.8) is 0 Å². The maximum absolute atomic E-state index is 11.7. The Hall–Kier alpha value is -1.15. The van der Waals surface area contributed by atoms with Gasteiger partial charge in [0.05, 0.1) is 17.5 Å². The van der Waals surface area contributed by atoms with Crippen LogP contribution in [0.2, 0.25) is 0 Å². The summed E-state index contributed by atoms with van der Waals surface area (Å²) >= 11 is 0. The van der Waals surface area contributed by atoms with Gasteiger partial charge in [-0.2, -0.15) is 0 Å². The Labute approximate surface area is 119 Å². The molecule has 7 nitrogen and oxygen atoms in total. The molecule has 1 aromatic rings. The number of nitrogens with one attached hydrogen (secondary N) is 2. The molecule has 0 spiro atoms. The zero-order valence-corrected chi connectivity index (χ0v) is 13.0. The maximum atomic E-state index is 11.7. The van der Waals surface area contributed by atoms with Gasteiger partial charge in [0.2, 0.25) is 5.89 Å². The van der Waals surface area contributed by atoms with Gasteiger partial charge in [-0.15, -0.1) is 5.10 Å². The first kappa shape index (κ1) is 15.2. The molecule has 1 aromatic heterocycles. The normalized spacial score (nSPS) is 22.1. The molecular weight excluding hydrogens is 280 g/mol.